The molecule has 21 heavy (non-hydrogen) atoms. The second-order valence-corrected chi connectivity index (χ2v) is 4.31. The number of halogens is 4. The predicted molar refractivity (Wildman–Crippen MR) is 68.0 cm³/mol. The Morgan fingerprint density at radius 2 is 1.95 bits per heavy atom. The predicted octanol–water partition coefficient (Wildman–Crippen LogP) is 2.10. The minimum absolute atomic E-state index is 0.186. The largest absolute Gasteiger partial charge is 0.417 e. The first kappa shape index (κ1) is 15.2. The molecule has 0 aliphatic rings. The average Bonchev–Trinajstić information content (AvgIpc) is 2.36. The highest BCUT2D eigenvalue weighted by Gasteiger charge is 2.34. The summed E-state index contributed by atoms with van der Waals surface area (Å²) in [4.78, 5) is 17.6. The molecule has 0 fully saturated rings. The summed E-state index contributed by atoms with van der Waals surface area (Å²) in [6.45, 7) is 0.186. The molecule has 0 unspecified atom stereocenters. The molecule has 0 aliphatic carbocycles. The lowest BCUT2D eigenvalue weighted by Crippen LogP contribution is -2.15. The van der Waals surface area contributed by atoms with Crippen molar-refractivity contribution in [3.8, 4) is 11.4 Å². The van der Waals surface area contributed by atoms with Gasteiger partial charge in [0.2, 0.25) is 0 Å². The molecule has 0 bridgehead atoms. The van der Waals surface area contributed by atoms with Crippen LogP contribution in [-0.4, -0.2) is 16.5 Å². The van der Waals surface area contributed by atoms with Gasteiger partial charge in [-0.25, -0.2) is 9.37 Å². The fourth-order valence-electron chi connectivity index (χ4n) is 1.87. The Labute approximate surface area is 116 Å². The van der Waals surface area contributed by atoms with E-state index >= 15 is 0 Å². The van der Waals surface area contributed by atoms with E-state index in [2.05, 4.69) is 9.97 Å². The maximum Gasteiger partial charge on any atom is 0.417 e. The van der Waals surface area contributed by atoms with E-state index in [-0.39, 0.29) is 24.5 Å². The van der Waals surface area contributed by atoms with Crippen LogP contribution in [0.25, 0.3) is 11.4 Å². The van der Waals surface area contributed by atoms with Crippen LogP contribution in [0.2, 0.25) is 0 Å². The van der Waals surface area contributed by atoms with Crippen molar-refractivity contribution in [3.05, 3.63) is 51.7 Å². The van der Waals surface area contributed by atoms with Gasteiger partial charge in [0.15, 0.2) is 0 Å². The number of hydrogen-bond donors (Lipinski definition) is 2. The van der Waals surface area contributed by atoms with Crippen LogP contribution in [0.5, 0.6) is 0 Å². The maximum atomic E-state index is 13.3. The number of alkyl halides is 3. The number of aromatic amines is 1. The third-order valence-corrected chi connectivity index (χ3v) is 2.74. The highest BCUT2D eigenvalue weighted by Crippen LogP contribution is 2.36. The third kappa shape index (κ3) is 3.46. The van der Waals surface area contributed by atoms with Crippen LogP contribution in [0.1, 0.15) is 11.3 Å². The average molecular weight is 301 g/mol. The summed E-state index contributed by atoms with van der Waals surface area (Å²) >= 11 is 0. The monoisotopic (exact) mass is 301 g/mol. The smallest absolute Gasteiger partial charge is 0.330 e. The molecule has 0 amide bonds. The standard InChI is InChI=1S/C13H11F4N3O/c14-7-1-2-10(13(15,16)17)9(5-7)12-19-8(3-4-18)6-11(21)20-12/h1-2,5-6H,3-4,18H2,(H,19,20,21). The lowest BCUT2D eigenvalue weighted by molar-refractivity contribution is -0.137. The number of nitrogens with one attached hydrogen (secondary N) is 1. The molecular weight excluding hydrogens is 290 g/mol. The number of nitrogens with two attached hydrogens (primary N) is 1. The quantitative estimate of drug-likeness (QED) is 0.853. The van der Waals surface area contributed by atoms with Gasteiger partial charge in [-0.3, -0.25) is 4.79 Å². The lowest BCUT2D eigenvalue weighted by atomic mass is 10.1. The summed E-state index contributed by atoms with van der Waals surface area (Å²) in [5.74, 6) is -1.19. The normalized spacial score (nSPS) is 11.7. The number of H-pyrrole nitrogens is 1. The summed E-state index contributed by atoms with van der Waals surface area (Å²) in [5, 5.41) is 0. The number of hydrogen-bond acceptors (Lipinski definition) is 3. The van der Waals surface area contributed by atoms with Gasteiger partial charge in [-0.05, 0) is 24.7 Å². The summed E-state index contributed by atoms with van der Waals surface area (Å²) in [6.07, 6.45) is -4.46. The minimum Gasteiger partial charge on any atom is -0.330 e. The van der Waals surface area contributed by atoms with E-state index in [1.54, 1.807) is 0 Å². The Morgan fingerprint density at radius 1 is 1.24 bits per heavy atom. The van der Waals surface area contributed by atoms with Crippen molar-refractivity contribution in [3.63, 3.8) is 0 Å². The molecule has 112 valence electrons. The molecule has 0 radical (unpaired) electrons. The van der Waals surface area contributed by atoms with E-state index in [1.165, 1.54) is 0 Å². The van der Waals surface area contributed by atoms with Crippen molar-refractivity contribution in [2.24, 2.45) is 5.73 Å². The van der Waals surface area contributed by atoms with E-state index in [0.29, 0.717) is 18.2 Å². The van der Waals surface area contributed by atoms with Crippen molar-refractivity contribution in [1.29, 1.82) is 0 Å². The van der Waals surface area contributed by atoms with Gasteiger partial charge in [-0.1, -0.05) is 0 Å². The van der Waals surface area contributed by atoms with Crippen molar-refractivity contribution in [1.82, 2.24) is 9.97 Å². The molecule has 2 rings (SSSR count). The van der Waals surface area contributed by atoms with E-state index in [0.717, 1.165) is 6.07 Å². The van der Waals surface area contributed by atoms with Crippen molar-refractivity contribution in [2.75, 3.05) is 6.54 Å². The van der Waals surface area contributed by atoms with E-state index in [1.807, 2.05) is 0 Å². The highest BCUT2D eigenvalue weighted by molar-refractivity contribution is 5.61. The van der Waals surface area contributed by atoms with E-state index < -0.39 is 28.7 Å². The molecule has 0 aliphatic heterocycles. The van der Waals surface area contributed by atoms with E-state index in [4.69, 9.17) is 5.73 Å². The van der Waals surface area contributed by atoms with Gasteiger partial charge in [0, 0.05) is 23.7 Å². The molecule has 0 spiro atoms. The number of rotatable bonds is 3. The summed E-state index contributed by atoms with van der Waals surface area (Å²) in [5.41, 5.74) is 3.36. The van der Waals surface area contributed by atoms with Crippen LogP contribution >= 0.6 is 0 Å². The van der Waals surface area contributed by atoms with Crippen LogP contribution in [0.4, 0.5) is 17.6 Å². The van der Waals surface area contributed by atoms with Gasteiger partial charge in [-0.2, -0.15) is 13.2 Å². The molecule has 1 aromatic carbocycles. The molecule has 3 N–H and O–H groups in total. The molecule has 2 aromatic rings. The fourth-order valence-corrected chi connectivity index (χ4v) is 1.87. The van der Waals surface area contributed by atoms with Crippen molar-refractivity contribution < 1.29 is 17.6 Å². The molecule has 4 nitrogen and oxygen atoms in total. The van der Waals surface area contributed by atoms with Crippen molar-refractivity contribution in [2.45, 2.75) is 12.6 Å². The van der Waals surface area contributed by atoms with Crippen molar-refractivity contribution >= 4 is 0 Å². The summed E-state index contributed by atoms with van der Waals surface area (Å²) in [7, 11) is 0. The van der Waals surface area contributed by atoms with Gasteiger partial charge >= 0.3 is 6.18 Å². The van der Waals surface area contributed by atoms with Gasteiger partial charge < -0.3 is 10.7 Å². The fraction of sp³-hybridized carbons (Fsp3) is 0.231. The summed E-state index contributed by atoms with van der Waals surface area (Å²) < 4.78 is 52.1. The zero-order chi connectivity index (χ0) is 15.6. The van der Waals surface area contributed by atoms with Gasteiger partial charge in [-0.15, -0.1) is 0 Å². The van der Waals surface area contributed by atoms with Crippen LogP contribution < -0.4 is 11.3 Å². The lowest BCUT2D eigenvalue weighted by Gasteiger charge is -2.12. The number of benzene rings is 1. The third-order valence-electron chi connectivity index (χ3n) is 2.74. The Hall–Kier alpha value is -2.22. The molecule has 0 atom stereocenters. The second kappa shape index (κ2) is 5.65. The number of aromatic nitrogens is 2. The molecule has 0 saturated heterocycles. The molecule has 8 heteroatoms. The van der Waals surface area contributed by atoms with Gasteiger partial charge in [0.05, 0.1) is 5.56 Å². The molecule has 1 heterocycles. The van der Waals surface area contributed by atoms with Gasteiger partial charge in [0.25, 0.3) is 5.56 Å². The zero-order valence-corrected chi connectivity index (χ0v) is 10.7. The zero-order valence-electron chi connectivity index (χ0n) is 10.7. The molecular formula is C13H11F4N3O. The molecule has 1 aromatic heterocycles. The Kier molecular flexibility index (Phi) is 4.08. The van der Waals surface area contributed by atoms with Crippen LogP contribution in [0.3, 0.4) is 0 Å². The first-order chi connectivity index (χ1) is 9.81. The Balaban J connectivity index is 2.66. The maximum absolute atomic E-state index is 13.3. The second-order valence-electron chi connectivity index (χ2n) is 4.31. The van der Waals surface area contributed by atoms with Crippen LogP contribution in [0, 0.1) is 5.82 Å². The highest BCUT2D eigenvalue weighted by atomic mass is 19.4. The van der Waals surface area contributed by atoms with Crippen LogP contribution in [0.15, 0.2) is 29.1 Å². The Morgan fingerprint density at radius 3 is 2.57 bits per heavy atom. The van der Waals surface area contributed by atoms with E-state index in [9.17, 15) is 22.4 Å². The SMILES string of the molecule is NCCc1cc(=O)[nH]c(-c2cc(F)ccc2C(F)(F)F)n1. The van der Waals surface area contributed by atoms with Gasteiger partial charge in [0.1, 0.15) is 11.6 Å². The minimum atomic E-state index is -4.69. The molecule has 0 saturated carbocycles. The first-order valence-electron chi connectivity index (χ1n) is 5.98. The van der Waals surface area contributed by atoms with Crippen LogP contribution in [-0.2, 0) is 12.6 Å². The first-order valence-corrected chi connectivity index (χ1v) is 5.98. The Bertz CT molecular complexity index is 709. The topological polar surface area (TPSA) is 71.8 Å². The number of nitrogens with zero attached hydrogens (tertiary/aromatic N) is 1. The summed E-state index contributed by atoms with van der Waals surface area (Å²) in [6, 6.07) is 3.14.